The van der Waals surface area contributed by atoms with E-state index in [2.05, 4.69) is 30.8 Å². The van der Waals surface area contributed by atoms with Crippen LogP contribution in [0.1, 0.15) is 22.6 Å². The molecule has 0 atom stereocenters. The molecule has 1 aliphatic rings. The van der Waals surface area contributed by atoms with Crippen LogP contribution in [0.4, 0.5) is 0 Å². The van der Waals surface area contributed by atoms with Crippen LogP contribution in [0, 0.1) is 6.92 Å². The van der Waals surface area contributed by atoms with Crippen LogP contribution in [0.5, 0.6) is 0 Å². The molecule has 6 nitrogen and oxygen atoms in total. The first-order chi connectivity index (χ1) is 12.0. The van der Waals surface area contributed by atoms with Gasteiger partial charge < -0.3 is 9.40 Å². The number of aryl methyl sites for hydroxylation is 1. The van der Waals surface area contributed by atoms with Gasteiger partial charge in [-0.05, 0) is 25.1 Å². The molecule has 128 valence electrons. The minimum absolute atomic E-state index is 0.0377. The highest BCUT2D eigenvalue weighted by Gasteiger charge is 2.22. The molecule has 0 amide bonds. The largest absolute Gasteiger partial charge is 0.464 e. The first-order valence-corrected chi connectivity index (χ1v) is 8.81. The molecule has 0 radical (unpaired) electrons. The number of halogens is 1. The van der Waals surface area contributed by atoms with Crippen molar-refractivity contribution in [3.05, 3.63) is 72.2 Å². The lowest BCUT2D eigenvalue weighted by molar-refractivity contribution is 0.239. The van der Waals surface area contributed by atoms with Gasteiger partial charge in [-0.1, -0.05) is 15.9 Å². The molecule has 0 fully saturated rings. The number of hydrogen-bond donors (Lipinski definition) is 1. The molecule has 7 heteroatoms. The zero-order chi connectivity index (χ0) is 17.6. The van der Waals surface area contributed by atoms with E-state index < -0.39 is 0 Å². The van der Waals surface area contributed by atoms with Gasteiger partial charge in [0.1, 0.15) is 11.4 Å². The Labute approximate surface area is 151 Å². The first-order valence-electron chi connectivity index (χ1n) is 8.02. The molecular weight excluding hydrogens is 386 g/mol. The van der Waals surface area contributed by atoms with Gasteiger partial charge in [-0.15, -0.1) is 0 Å². The van der Waals surface area contributed by atoms with E-state index in [0.717, 1.165) is 16.7 Å². The van der Waals surface area contributed by atoms with Crippen molar-refractivity contribution in [3.63, 3.8) is 0 Å². The summed E-state index contributed by atoms with van der Waals surface area (Å²) in [6, 6.07) is 5.39. The smallest absolute Gasteiger partial charge is 0.255 e. The van der Waals surface area contributed by atoms with Crippen molar-refractivity contribution in [1.82, 2.24) is 14.9 Å². The van der Waals surface area contributed by atoms with Gasteiger partial charge in [0, 0.05) is 36.1 Å². The highest BCUT2D eigenvalue weighted by molar-refractivity contribution is 9.10. The number of hydrogen-bond acceptors (Lipinski definition) is 5. The van der Waals surface area contributed by atoms with Gasteiger partial charge in [0.05, 0.1) is 22.9 Å². The monoisotopic (exact) mass is 401 g/mol. The van der Waals surface area contributed by atoms with Crippen LogP contribution in [0.2, 0.25) is 0 Å². The summed E-state index contributed by atoms with van der Waals surface area (Å²) in [6.45, 7) is 3.46. The lowest BCUT2D eigenvalue weighted by atomic mass is 10.1. The number of aromatic amines is 1. The number of fused-ring (bicyclic) bond motifs is 2. The van der Waals surface area contributed by atoms with Crippen LogP contribution >= 0.6 is 15.9 Å². The van der Waals surface area contributed by atoms with Crippen molar-refractivity contribution in [2.24, 2.45) is 0 Å². The summed E-state index contributed by atoms with van der Waals surface area (Å²) in [7, 11) is 0. The Hall–Kier alpha value is -2.25. The Morgan fingerprint density at radius 3 is 3.04 bits per heavy atom. The molecule has 0 unspecified atom stereocenters. The highest BCUT2D eigenvalue weighted by atomic mass is 79.9. The quantitative estimate of drug-likeness (QED) is 0.713. The molecular formula is C18H16BrN3O3. The third-order valence-electron chi connectivity index (χ3n) is 4.47. The Bertz CT molecular complexity index is 1090. The molecule has 1 aromatic carbocycles. The van der Waals surface area contributed by atoms with E-state index in [4.69, 9.17) is 4.42 Å². The number of benzene rings is 1. The lowest BCUT2D eigenvalue weighted by Crippen LogP contribution is -2.36. The van der Waals surface area contributed by atoms with Gasteiger partial charge in [0.15, 0.2) is 5.43 Å². The fourth-order valence-electron chi connectivity index (χ4n) is 3.23. The predicted molar refractivity (Wildman–Crippen MR) is 97.6 cm³/mol. The van der Waals surface area contributed by atoms with E-state index in [-0.39, 0.29) is 11.0 Å². The molecule has 1 aliphatic heterocycles. The van der Waals surface area contributed by atoms with Crippen LogP contribution in [0.15, 0.2) is 42.9 Å². The number of H-pyrrole nitrogens is 1. The molecule has 0 aliphatic carbocycles. The summed E-state index contributed by atoms with van der Waals surface area (Å²) in [5.41, 5.74) is 2.56. The van der Waals surface area contributed by atoms with Gasteiger partial charge in [-0.2, -0.15) is 0 Å². The lowest BCUT2D eigenvalue weighted by Gasteiger charge is -2.27. The van der Waals surface area contributed by atoms with Gasteiger partial charge in [-0.3, -0.25) is 14.5 Å². The van der Waals surface area contributed by atoms with E-state index in [1.807, 2.05) is 6.07 Å². The molecule has 2 aromatic heterocycles. The van der Waals surface area contributed by atoms with Crippen LogP contribution in [-0.2, 0) is 19.5 Å². The molecule has 0 spiro atoms. The summed E-state index contributed by atoms with van der Waals surface area (Å²) in [4.78, 5) is 34.1. The minimum atomic E-state index is -0.0957. The second-order valence-corrected chi connectivity index (χ2v) is 7.18. The van der Waals surface area contributed by atoms with Gasteiger partial charge in [-0.25, -0.2) is 4.98 Å². The number of nitrogens with one attached hydrogen (secondary N) is 1. The Kier molecular flexibility index (Phi) is 4.05. The van der Waals surface area contributed by atoms with Gasteiger partial charge in [0.25, 0.3) is 5.56 Å². The molecule has 25 heavy (non-hydrogen) atoms. The van der Waals surface area contributed by atoms with Crippen LogP contribution < -0.4 is 11.0 Å². The van der Waals surface area contributed by atoms with Crippen molar-refractivity contribution >= 4 is 26.9 Å². The van der Waals surface area contributed by atoms with Crippen LogP contribution in [0.25, 0.3) is 11.0 Å². The molecule has 0 saturated heterocycles. The molecule has 3 heterocycles. The van der Waals surface area contributed by atoms with Crippen molar-refractivity contribution in [2.75, 3.05) is 6.54 Å². The fourth-order valence-corrected chi connectivity index (χ4v) is 3.59. The molecule has 0 saturated carbocycles. The van der Waals surface area contributed by atoms with E-state index in [9.17, 15) is 9.59 Å². The summed E-state index contributed by atoms with van der Waals surface area (Å²) >= 11 is 3.39. The molecule has 0 bridgehead atoms. The number of aromatic nitrogens is 2. The average Bonchev–Trinajstić information content (AvgIpc) is 2.58. The van der Waals surface area contributed by atoms with Gasteiger partial charge in [0.2, 0.25) is 0 Å². The maximum atomic E-state index is 12.7. The standard InChI is InChI=1S/C18H16BrN3O3/c1-10-20-15-4-5-22(8-14(15)18(24)21-10)7-11-9-25-16-3-2-12(19)6-13(16)17(11)23/h2-3,6,9H,4-5,7-8H2,1H3,(H,20,21,24). The normalized spacial score (nSPS) is 14.6. The van der Waals surface area contributed by atoms with E-state index in [0.29, 0.717) is 47.4 Å². The van der Waals surface area contributed by atoms with E-state index in [1.165, 1.54) is 6.26 Å². The zero-order valence-electron chi connectivity index (χ0n) is 13.6. The SMILES string of the molecule is Cc1nc2c(c(=O)[nH]1)CN(Cc1coc3ccc(Br)cc3c1=O)CC2. The molecule has 3 aromatic rings. The van der Waals surface area contributed by atoms with Crippen LogP contribution in [0.3, 0.4) is 0 Å². The Morgan fingerprint density at radius 1 is 1.36 bits per heavy atom. The summed E-state index contributed by atoms with van der Waals surface area (Å²) in [5.74, 6) is 0.637. The first kappa shape index (κ1) is 16.2. The van der Waals surface area contributed by atoms with Crippen LogP contribution in [-0.4, -0.2) is 21.4 Å². The summed E-state index contributed by atoms with van der Waals surface area (Å²) < 4.78 is 6.44. The predicted octanol–water partition coefficient (Wildman–Crippen LogP) is 2.51. The fraction of sp³-hybridized carbons (Fsp3) is 0.278. The highest BCUT2D eigenvalue weighted by Crippen LogP contribution is 2.19. The number of nitrogens with zero attached hydrogens (tertiary/aromatic N) is 2. The molecule has 1 N–H and O–H groups in total. The second-order valence-electron chi connectivity index (χ2n) is 6.27. The second kappa shape index (κ2) is 6.24. The summed E-state index contributed by atoms with van der Waals surface area (Å²) in [5, 5.41) is 0.555. The van der Waals surface area contributed by atoms with Crippen molar-refractivity contribution in [3.8, 4) is 0 Å². The van der Waals surface area contributed by atoms with E-state index in [1.54, 1.807) is 19.1 Å². The maximum absolute atomic E-state index is 12.7. The van der Waals surface area contributed by atoms with Crippen molar-refractivity contribution in [1.29, 1.82) is 0 Å². The van der Waals surface area contributed by atoms with E-state index >= 15 is 0 Å². The zero-order valence-corrected chi connectivity index (χ0v) is 15.2. The third-order valence-corrected chi connectivity index (χ3v) is 4.96. The number of rotatable bonds is 2. The molecule has 4 rings (SSSR count). The minimum Gasteiger partial charge on any atom is -0.464 e. The Balaban J connectivity index is 1.65. The summed E-state index contributed by atoms with van der Waals surface area (Å²) in [6.07, 6.45) is 2.22. The maximum Gasteiger partial charge on any atom is 0.255 e. The van der Waals surface area contributed by atoms with Crippen molar-refractivity contribution < 1.29 is 4.42 Å². The van der Waals surface area contributed by atoms with Gasteiger partial charge >= 0.3 is 0 Å². The third kappa shape index (κ3) is 3.05. The van der Waals surface area contributed by atoms with Crippen molar-refractivity contribution in [2.45, 2.75) is 26.4 Å². The topological polar surface area (TPSA) is 79.2 Å². The Morgan fingerprint density at radius 2 is 2.20 bits per heavy atom. The average molecular weight is 402 g/mol.